The summed E-state index contributed by atoms with van der Waals surface area (Å²) in [5.74, 6) is -0.961. The van der Waals surface area contributed by atoms with E-state index in [-0.39, 0.29) is 11.8 Å². The molecule has 0 fully saturated rings. The average Bonchev–Trinajstić information content (AvgIpc) is 2.13. The smallest absolute Gasteiger partial charge is 0.307 e. The predicted molar refractivity (Wildman–Crippen MR) is 58.6 cm³/mol. The van der Waals surface area contributed by atoms with E-state index in [9.17, 15) is 4.79 Å². The molecule has 0 aromatic carbocycles. The first kappa shape index (κ1) is 11.7. The molecule has 1 N–H and O–H groups in total. The first-order chi connectivity index (χ1) is 7.00. The number of aliphatic carboxylic acids is 1. The van der Waals surface area contributed by atoms with Crippen LogP contribution in [0.15, 0.2) is 18.2 Å². The van der Waals surface area contributed by atoms with E-state index in [1.54, 1.807) is 0 Å². The summed E-state index contributed by atoms with van der Waals surface area (Å²) in [7, 11) is 0. The van der Waals surface area contributed by atoms with Crippen LogP contribution in [0, 0.1) is 18.8 Å². The summed E-state index contributed by atoms with van der Waals surface area (Å²) in [5, 5.41) is 9.05. The van der Waals surface area contributed by atoms with Crippen LogP contribution in [0.25, 0.3) is 0 Å². The van der Waals surface area contributed by atoms with Gasteiger partial charge in [-0.3, -0.25) is 9.78 Å². The Morgan fingerprint density at radius 1 is 1.47 bits per heavy atom. The monoisotopic (exact) mass is 207 g/mol. The molecule has 0 saturated carbocycles. The van der Waals surface area contributed by atoms with Crippen LogP contribution >= 0.6 is 0 Å². The van der Waals surface area contributed by atoms with E-state index < -0.39 is 5.97 Å². The zero-order valence-corrected chi connectivity index (χ0v) is 9.40. The maximum Gasteiger partial charge on any atom is 0.307 e. The molecular formula is C12H17NO2. The fourth-order valence-corrected chi connectivity index (χ4v) is 1.55. The number of nitrogens with zero attached hydrogens (tertiary/aromatic N) is 1. The summed E-state index contributed by atoms with van der Waals surface area (Å²) in [5.41, 5.74) is 1.79. The molecule has 1 atom stereocenters. The molecule has 1 heterocycles. The van der Waals surface area contributed by atoms with Gasteiger partial charge in [0, 0.05) is 17.8 Å². The van der Waals surface area contributed by atoms with Crippen LogP contribution in [0.3, 0.4) is 0 Å². The summed E-state index contributed by atoms with van der Waals surface area (Å²) < 4.78 is 0. The van der Waals surface area contributed by atoms with Crippen molar-refractivity contribution >= 4 is 5.97 Å². The first-order valence-corrected chi connectivity index (χ1v) is 5.16. The standard InChI is InChI=1S/C12H17NO2/c1-8(2)11(12(14)15)7-10-6-4-5-9(3)13-10/h4-6,8,11H,7H2,1-3H3,(H,14,15). The lowest BCUT2D eigenvalue weighted by Gasteiger charge is -2.15. The lowest BCUT2D eigenvalue weighted by Crippen LogP contribution is -2.22. The van der Waals surface area contributed by atoms with Crippen molar-refractivity contribution in [1.82, 2.24) is 4.98 Å². The molecule has 0 amide bonds. The summed E-state index contributed by atoms with van der Waals surface area (Å²) >= 11 is 0. The highest BCUT2D eigenvalue weighted by Crippen LogP contribution is 2.16. The van der Waals surface area contributed by atoms with Gasteiger partial charge < -0.3 is 5.11 Å². The zero-order chi connectivity index (χ0) is 11.4. The van der Waals surface area contributed by atoms with Gasteiger partial charge in [0.05, 0.1) is 5.92 Å². The number of hydrogen-bond acceptors (Lipinski definition) is 2. The van der Waals surface area contributed by atoms with E-state index >= 15 is 0 Å². The molecule has 3 nitrogen and oxygen atoms in total. The van der Waals surface area contributed by atoms with Gasteiger partial charge in [-0.15, -0.1) is 0 Å². The maximum atomic E-state index is 11.0. The maximum absolute atomic E-state index is 11.0. The van der Waals surface area contributed by atoms with Gasteiger partial charge in [0.15, 0.2) is 0 Å². The Bertz CT molecular complexity index is 347. The second-order valence-electron chi connectivity index (χ2n) is 4.16. The molecule has 3 heteroatoms. The Morgan fingerprint density at radius 2 is 2.13 bits per heavy atom. The molecule has 1 aromatic heterocycles. The number of carboxylic acid groups (broad SMARTS) is 1. The van der Waals surface area contributed by atoms with Gasteiger partial charge in [0.1, 0.15) is 0 Å². The third-order valence-corrected chi connectivity index (χ3v) is 2.50. The highest BCUT2D eigenvalue weighted by molar-refractivity contribution is 5.70. The Labute approximate surface area is 90.2 Å². The number of carbonyl (C=O) groups is 1. The molecule has 15 heavy (non-hydrogen) atoms. The minimum atomic E-state index is -0.742. The summed E-state index contributed by atoms with van der Waals surface area (Å²) in [6.07, 6.45) is 0.509. The molecule has 0 bridgehead atoms. The molecule has 1 rings (SSSR count). The van der Waals surface area contributed by atoms with Crippen LogP contribution in [0.5, 0.6) is 0 Å². The van der Waals surface area contributed by atoms with E-state index in [2.05, 4.69) is 4.98 Å². The highest BCUT2D eigenvalue weighted by atomic mass is 16.4. The normalized spacial score (nSPS) is 12.8. The van der Waals surface area contributed by atoms with E-state index in [0.29, 0.717) is 6.42 Å². The third kappa shape index (κ3) is 3.35. The van der Waals surface area contributed by atoms with Crippen LogP contribution in [0.1, 0.15) is 25.2 Å². The van der Waals surface area contributed by atoms with E-state index in [1.807, 2.05) is 39.0 Å². The second-order valence-corrected chi connectivity index (χ2v) is 4.16. The van der Waals surface area contributed by atoms with E-state index in [4.69, 9.17) is 5.11 Å². The third-order valence-electron chi connectivity index (χ3n) is 2.50. The number of aryl methyl sites for hydroxylation is 1. The van der Waals surface area contributed by atoms with Crippen LogP contribution in [0.2, 0.25) is 0 Å². The van der Waals surface area contributed by atoms with Crippen molar-refractivity contribution in [2.24, 2.45) is 11.8 Å². The molecule has 82 valence electrons. The van der Waals surface area contributed by atoms with Crippen LogP contribution in [-0.4, -0.2) is 16.1 Å². The van der Waals surface area contributed by atoms with Crippen molar-refractivity contribution in [2.45, 2.75) is 27.2 Å². The summed E-state index contributed by atoms with van der Waals surface area (Å²) in [6, 6.07) is 5.71. The largest absolute Gasteiger partial charge is 0.481 e. The lowest BCUT2D eigenvalue weighted by molar-refractivity contribution is -0.143. The highest BCUT2D eigenvalue weighted by Gasteiger charge is 2.22. The number of hydrogen-bond donors (Lipinski definition) is 1. The number of pyridine rings is 1. The van der Waals surface area contributed by atoms with Crippen LogP contribution < -0.4 is 0 Å². The van der Waals surface area contributed by atoms with Crippen molar-refractivity contribution in [3.8, 4) is 0 Å². The van der Waals surface area contributed by atoms with E-state index in [0.717, 1.165) is 11.4 Å². The quantitative estimate of drug-likeness (QED) is 0.824. The Hall–Kier alpha value is -1.38. The molecule has 1 unspecified atom stereocenters. The van der Waals surface area contributed by atoms with Crippen molar-refractivity contribution in [2.75, 3.05) is 0 Å². The molecule has 0 radical (unpaired) electrons. The average molecular weight is 207 g/mol. The van der Waals surface area contributed by atoms with Gasteiger partial charge in [0.25, 0.3) is 0 Å². The first-order valence-electron chi connectivity index (χ1n) is 5.16. The second kappa shape index (κ2) is 4.91. The number of aromatic nitrogens is 1. The molecule has 0 aliphatic rings. The number of rotatable bonds is 4. The lowest BCUT2D eigenvalue weighted by atomic mass is 9.91. The van der Waals surface area contributed by atoms with Gasteiger partial charge in [-0.1, -0.05) is 19.9 Å². The molecule has 0 spiro atoms. The van der Waals surface area contributed by atoms with Gasteiger partial charge in [0.2, 0.25) is 0 Å². The van der Waals surface area contributed by atoms with Gasteiger partial charge in [-0.2, -0.15) is 0 Å². The Kier molecular flexibility index (Phi) is 3.83. The van der Waals surface area contributed by atoms with Crippen LogP contribution in [0.4, 0.5) is 0 Å². The van der Waals surface area contributed by atoms with Crippen molar-refractivity contribution < 1.29 is 9.90 Å². The molecule has 0 saturated heterocycles. The molecule has 1 aromatic rings. The zero-order valence-electron chi connectivity index (χ0n) is 9.40. The fraction of sp³-hybridized carbons (Fsp3) is 0.500. The predicted octanol–water partition coefficient (Wildman–Crippen LogP) is 2.29. The topological polar surface area (TPSA) is 50.2 Å². The Balaban J connectivity index is 2.79. The summed E-state index contributed by atoms with van der Waals surface area (Å²) in [6.45, 7) is 5.76. The van der Waals surface area contributed by atoms with Crippen molar-refractivity contribution in [3.63, 3.8) is 0 Å². The van der Waals surface area contributed by atoms with Gasteiger partial charge in [-0.25, -0.2) is 0 Å². The summed E-state index contributed by atoms with van der Waals surface area (Å²) in [4.78, 5) is 15.3. The van der Waals surface area contributed by atoms with Crippen molar-refractivity contribution in [3.05, 3.63) is 29.6 Å². The van der Waals surface area contributed by atoms with Crippen molar-refractivity contribution in [1.29, 1.82) is 0 Å². The Morgan fingerprint density at radius 3 is 2.60 bits per heavy atom. The van der Waals surface area contributed by atoms with Gasteiger partial charge >= 0.3 is 5.97 Å². The molecule has 0 aliphatic heterocycles. The fourth-order valence-electron chi connectivity index (χ4n) is 1.55. The number of carboxylic acids is 1. The van der Waals surface area contributed by atoms with E-state index in [1.165, 1.54) is 0 Å². The SMILES string of the molecule is Cc1cccc(CC(C(=O)O)C(C)C)n1. The van der Waals surface area contributed by atoms with Gasteiger partial charge in [-0.05, 0) is 25.0 Å². The molecule has 0 aliphatic carbocycles. The minimum Gasteiger partial charge on any atom is -0.481 e. The minimum absolute atomic E-state index is 0.129. The molecular weight excluding hydrogens is 190 g/mol. The van der Waals surface area contributed by atoms with Crippen LogP contribution in [-0.2, 0) is 11.2 Å².